The highest BCUT2D eigenvalue weighted by molar-refractivity contribution is 5.74. The average molecular weight is 274 g/mol. The van der Waals surface area contributed by atoms with Crippen molar-refractivity contribution in [3.05, 3.63) is 78.4 Å². The van der Waals surface area contributed by atoms with Gasteiger partial charge in [-0.2, -0.15) is 0 Å². The Morgan fingerprint density at radius 1 is 0.667 bits per heavy atom. The molecule has 0 spiro atoms. The van der Waals surface area contributed by atoms with Gasteiger partial charge in [-0.15, -0.1) is 0 Å². The molecule has 0 bridgehead atoms. The third kappa shape index (κ3) is 2.82. The molecule has 0 saturated heterocycles. The van der Waals surface area contributed by atoms with Gasteiger partial charge < -0.3 is 4.74 Å². The first kappa shape index (κ1) is 13.4. The Hall–Kier alpha value is -2.54. The Balaban J connectivity index is 2.02. The van der Waals surface area contributed by atoms with Gasteiger partial charge in [0.05, 0.1) is 7.11 Å². The molecule has 1 heteroatoms. The van der Waals surface area contributed by atoms with Crippen LogP contribution in [0.1, 0.15) is 5.56 Å². The van der Waals surface area contributed by atoms with E-state index in [9.17, 15) is 0 Å². The zero-order valence-electron chi connectivity index (χ0n) is 12.3. The van der Waals surface area contributed by atoms with Gasteiger partial charge in [0.25, 0.3) is 0 Å². The molecule has 0 fully saturated rings. The molecule has 1 nitrogen and oxygen atoms in total. The van der Waals surface area contributed by atoms with Crippen LogP contribution >= 0.6 is 0 Å². The molecular formula is C20H18O. The van der Waals surface area contributed by atoms with Gasteiger partial charge in [0, 0.05) is 0 Å². The molecule has 21 heavy (non-hydrogen) atoms. The van der Waals surface area contributed by atoms with Crippen molar-refractivity contribution in [2.24, 2.45) is 0 Å². The Bertz CT molecular complexity index is 745. The number of methoxy groups -OCH3 is 1. The number of hydrogen-bond donors (Lipinski definition) is 0. The molecule has 0 unspecified atom stereocenters. The van der Waals surface area contributed by atoms with E-state index >= 15 is 0 Å². The van der Waals surface area contributed by atoms with E-state index in [1.807, 2.05) is 18.2 Å². The zero-order chi connectivity index (χ0) is 14.7. The van der Waals surface area contributed by atoms with Crippen molar-refractivity contribution in [1.29, 1.82) is 0 Å². The molecule has 0 saturated carbocycles. The normalized spacial score (nSPS) is 10.4. The van der Waals surface area contributed by atoms with Crippen molar-refractivity contribution >= 4 is 0 Å². The van der Waals surface area contributed by atoms with Gasteiger partial charge in [-0.3, -0.25) is 0 Å². The van der Waals surface area contributed by atoms with E-state index in [2.05, 4.69) is 61.5 Å². The summed E-state index contributed by atoms with van der Waals surface area (Å²) in [5, 5.41) is 0. The maximum Gasteiger partial charge on any atom is 0.119 e. The summed E-state index contributed by atoms with van der Waals surface area (Å²) in [6.45, 7) is 2.15. The van der Waals surface area contributed by atoms with Crippen molar-refractivity contribution in [3.8, 4) is 28.0 Å². The van der Waals surface area contributed by atoms with E-state index in [1.54, 1.807) is 7.11 Å². The van der Waals surface area contributed by atoms with E-state index in [0.717, 1.165) is 5.75 Å². The third-order valence-electron chi connectivity index (χ3n) is 3.71. The van der Waals surface area contributed by atoms with Crippen molar-refractivity contribution in [2.45, 2.75) is 6.92 Å². The largest absolute Gasteiger partial charge is 0.497 e. The predicted octanol–water partition coefficient (Wildman–Crippen LogP) is 5.34. The number of ether oxygens (including phenoxy) is 1. The van der Waals surface area contributed by atoms with E-state index in [1.165, 1.54) is 27.8 Å². The fraction of sp³-hybridized carbons (Fsp3) is 0.100. The second-order valence-electron chi connectivity index (χ2n) is 5.13. The average Bonchev–Trinajstić information content (AvgIpc) is 2.55. The maximum atomic E-state index is 5.31. The summed E-state index contributed by atoms with van der Waals surface area (Å²) in [5.41, 5.74) is 6.20. The second kappa shape index (κ2) is 5.84. The van der Waals surface area contributed by atoms with Gasteiger partial charge in [-0.05, 0) is 46.9 Å². The highest BCUT2D eigenvalue weighted by atomic mass is 16.5. The molecule has 0 aromatic heterocycles. The Morgan fingerprint density at radius 2 is 1.43 bits per heavy atom. The lowest BCUT2D eigenvalue weighted by Crippen LogP contribution is -1.87. The Labute approximate surface area is 125 Å². The van der Waals surface area contributed by atoms with Crippen LogP contribution in [0.3, 0.4) is 0 Å². The summed E-state index contributed by atoms with van der Waals surface area (Å²) in [6.07, 6.45) is 0. The van der Waals surface area contributed by atoms with Crippen LogP contribution in [0.5, 0.6) is 5.75 Å². The lowest BCUT2D eigenvalue weighted by molar-refractivity contribution is 0.415. The third-order valence-corrected chi connectivity index (χ3v) is 3.71. The van der Waals surface area contributed by atoms with Crippen LogP contribution in [-0.2, 0) is 0 Å². The fourth-order valence-corrected chi connectivity index (χ4v) is 2.59. The molecular weight excluding hydrogens is 256 g/mol. The summed E-state index contributed by atoms with van der Waals surface area (Å²) in [7, 11) is 1.70. The SMILES string of the molecule is COc1cccc(-c2ccc(-c3ccccc3)cc2C)c1. The van der Waals surface area contributed by atoms with Crippen molar-refractivity contribution in [3.63, 3.8) is 0 Å². The van der Waals surface area contributed by atoms with Gasteiger partial charge >= 0.3 is 0 Å². The van der Waals surface area contributed by atoms with E-state index in [4.69, 9.17) is 4.74 Å². The maximum absolute atomic E-state index is 5.31. The first-order valence-corrected chi connectivity index (χ1v) is 7.08. The highest BCUT2D eigenvalue weighted by Crippen LogP contribution is 2.30. The number of aryl methyl sites for hydroxylation is 1. The number of benzene rings is 3. The molecule has 0 atom stereocenters. The summed E-state index contributed by atoms with van der Waals surface area (Å²) < 4.78 is 5.31. The summed E-state index contributed by atoms with van der Waals surface area (Å²) in [4.78, 5) is 0. The zero-order valence-corrected chi connectivity index (χ0v) is 12.3. The lowest BCUT2D eigenvalue weighted by Gasteiger charge is -2.10. The van der Waals surface area contributed by atoms with Crippen LogP contribution in [0, 0.1) is 6.92 Å². The Kier molecular flexibility index (Phi) is 3.74. The van der Waals surface area contributed by atoms with Gasteiger partial charge in [0.15, 0.2) is 0 Å². The topological polar surface area (TPSA) is 9.23 Å². The molecule has 0 aliphatic heterocycles. The molecule has 0 radical (unpaired) electrons. The summed E-state index contributed by atoms with van der Waals surface area (Å²) in [6, 6.07) is 25.3. The summed E-state index contributed by atoms with van der Waals surface area (Å²) >= 11 is 0. The molecule has 3 aromatic carbocycles. The van der Waals surface area contributed by atoms with Crippen LogP contribution < -0.4 is 4.74 Å². The predicted molar refractivity (Wildman–Crippen MR) is 88.6 cm³/mol. The molecule has 0 amide bonds. The monoisotopic (exact) mass is 274 g/mol. The van der Waals surface area contributed by atoms with Gasteiger partial charge in [-0.1, -0.05) is 60.7 Å². The number of rotatable bonds is 3. The minimum Gasteiger partial charge on any atom is -0.497 e. The molecule has 0 aliphatic carbocycles. The standard InChI is InChI=1S/C20H18O/c1-15-13-17(16-7-4-3-5-8-16)11-12-20(15)18-9-6-10-19(14-18)21-2/h3-14H,1-2H3. The van der Waals surface area contributed by atoms with Crippen molar-refractivity contribution in [1.82, 2.24) is 0 Å². The van der Waals surface area contributed by atoms with E-state index in [0.29, 0.717) is 0 Å². The first-order chi connectivity index (χ1) is 10.3. The molecule has 3 rings (SSSR count). The van der Waals surface area contributed by atoms with Crippen LogP contribution in [0.4, 0.5) is 0 Å². The molecule has 0 heterocycles. The van der Waals surface area contributed by atoms with Gasteiger partial charge in [0.1, 0.15) is 5.75 Å². The van der Waals surface area contributed by atoms with Crippen LogP contribution in [-0.4, -0.2) is 7.11 Å². The molecule has 0 aliphatic rings. The van der Waals surface area contributed by atoms with Crippen molar-refractivity contribution in [2.75, 3.05) is 7.11 Å². The van der Waals surface area contributed by atoms with E-state index in [-0.39, 0.29) is 0 Å². The van der Waals surface area contributed by atoms with Gasteiger partial charge in [-0.25, -0.2) is 0 Å². The molecule has 0 N–H and O–H groups in total. The van der Waals surface area contributed by atoms with Crippen LogP contribution in [0.15, 0.2) is 72.8 Å². The molecule has 104 valence electrons. The van der Waals surface area contributed by atoms with Gasteiger partial charge in [0.2, 0.25) is 0 Å². The number of hydrogen-bond acceptors (Lipinski definition) is 1. The lowest BCUT2D eigenvalue weighted by atomic mass is 9.96. The quantitative estimate of drug-likeness (QED) is 0.626. The minimum atomic E-state index is 0.888. The van der Waals surface area contributed by atoms with Crippen molar-refractivity contribution < 1.29 is 4.74 Å². The Morgan fingerprint density at radius 3 is 2.14 bits per heavy atom. The summed E-state index contributed by atoms with van der Waals surface area (Å²) in [5.74, 6) is 0.888. The first-order valence-electron chi connectivity index (χ1n) is 7.08. The smallest absolute Gasteiger partial charge is 0.119 e. The van der Waals surface area contributed by atoms with Crippen LogP contribution in [0.25, 0.3) is 22.3 Å². The highest BCUT2D eigenvalue weighted by Gasteiger charge is 2.05. The second-order valence-corrected chi connectivity index (χ2v) is 5.13. The van der Waals surface area contributed by atoms with Crippen LogP contribution in [0.2, 0.25) is 0 Å². The minimum absolute atomic E-state index is 0.888. The molecule has 3 aromatic rings. The van der Waals surface area contributed by atoms with E-state index < -0.39 is 0 Å². The fourth-order valence-electron chi connectivity index (χ4n) is 2.59.